The van der Waals surface area contributed by atoms with E-state index in [4.69, 9.17) is 21.2 Å². The van der Waals surface area contributed by atoms with Gasteiger partial charge in [0, 0.05) is 70.0 Å². The first-order valence-corrected chi connectivity index (χ1v) is 14.3. The maximum Gasteiger partial charge on any atom is 0.245 e. The molecule has 3 aromatic carbocycles. The van der Waals surface area contributed by atoms with E-state index in [-0.39, 0.29) is 5.57 Å². The number of carbonyl (C=O) groups excluding carboxylic acids is 2. The van der Waals surface area contributed by atoms with Crippen LogP contribution in [0.5, 0.6) is 5.75 Å². The third kappa shape index (κ3) is 4.53. The first-order chi connectivity index (χ1) is 20.3. The average molecular weight is 564 g/mol. The highest BCUT2D eigenvalue weighted by Gasteiger charge is 2.53. The number of allylic oxidation sites excluding steroid dienone is 1. The third-order valence-electron chi connectivity index (χ3n) is 8.13. The standard InChI is InChI=1S/C34H37N5O3/c1-5-38-22(4)30(25-15-11-12-16-28(25)38)34(31(33(36)41)26(32(35)40)19-20-37-34)27-18-17-24(21-29(27)42-7-3)39(6-2)23-13-9-8-10-14-23/h8-21,31H,5-7H2,1-4H3,(H2,35,40)(H2,36,41). The molecular formula is C34H37N5O3. The number of amides is 2. The summed E-state index contributed by atoms with van der Waals surface area (Å²) in [6, 6.07) is 24.0. The highest BCUT2D eigenvalue weighted by atomic mass is 16.5. The lowest BCUT2D eigenvalue weighted by atomic mass is 9.67. The molecule has 0 bridgehead atoms. The van der Waals surface area contributed by atoms with Gasteiger partial charge in [-0.25, -0.2) is 0 Å². The van der Waals surface area contributed by atoms with Gasteiger partial charge in [-0.3, -0.25) is 14.6 Å². The zero-order valence-corrected chi connectivity index (χ0v) is 24.5. The van der Waals surface area contributed by atoms with Crippen LogP contribution in [0.3, 0.4) is 0 Å². The van der Waals surface area contributed by atoms with Crippen LogP contribution in [0.2, 0.25) is 0 Å². The van der Waals surface area contributed by atoms with Gasteiger partial charge in [-0.2, -0.15) is 0 Å². The number of ether oxygens (including phenoxy) is 1. The largest absolute Gasteiger partial charge is 0.493 e. The molecule has 42 heavy (non-hydrogen) atoms. The molecule has 2 heterocycles. The number of aliphatic imine (C=N–C) groups is 1. The number of dihydropyridines is 1. The van der Waals surface area contributed by atoms with Crippen molar-refractivity contribution in [3.63, 3.8) is 0 Å². The first-order valence-electron chi connectivity index (χ1n) is 14.3. The van der Waals surface area contributed by atoms with Gasteiger partial charge < -0.3 is 25.7 Å². The number of aryl methyl sites for hydroxylation is 1. The Morgan fingerprint density at radius 2 is 1.69 bits per heavy atom. The van der Waals surface area contributed by atoms with Crippen LogP contribution in [0.4, 0.5) is 11.4 Å². The Balaban J connectivity index is 1.88. The number of benzene rings is 3. The molecule has 0 fully saturated rings. The van der Waals surface area contributed by atoms with E-state index in [0.717, 1.165) is 40.1 Å². The third-order valence-corrected chi connectivity index (χ3v) is 8.13. The van der Waals surface area contributed by atoms with Gasteiger partial charge in [-0.1, -0.05) is 42.5 Å². The van der Waals surface area contributed by atoms with Crippen LogP contribution in [0, 0.1) is 12.8 Å². The molecule has 0 aliphatic carbocycles. The van der Waals surface area contributed by atoms with Gasteiger partial charge in [0.1, 0.15) is 17.2 Å². The second kappa shape index (κ2) is 11.6. The average Bonchev–Trinajstić information content (AvgIpc) is 3.29. The van der Waals surface area contributed by atoms with Crippen LogP contribution in [0.15, 0.2) is 89.4 Å². The van der Waals surface area contributed by atoms with E-state index < -0.39 is 23.3 Å². The number of aromatic nitrogens is 1. The Morgan fingerprint density at radius 3 is 2.33 bits per heavy atom. The van der Waals surface area contributed by atoms with Crippen molar-refractivity contribution >= 4 is 40.3 Å². The lowest BCUT2D eigenvalue weighted by molar-refractivity contribution is -0.125. The molecule has 5 rings (SSSR count). The predicted octanol–water partition coefficient (Wildman–Crippen LogP) is 5.37. The summed E-state index contributed by atoms with van der Waals surface area (Å²) in [7, 11) is 0. The van der Waals surface area contributed by atoms with Gasteiger partial charge in [0.15, 0.2) is 0 Å². The molecule has 0 radical (unpaired) electrons. The molecule has 1 aliphatic rings. The molecule has 216 valence electrons. The van der Waals surface area contributed by atoms with Crippen LogP contribution >= 0.6 is 0 Å². The normalized spacial score (nSPS) is 18.1. The summed E-state index contributed by atoms with van der Waals surface area (Å²) in [4.78, 5) is 33.5. The fourth-order valence-electron chi connectivity index (χ4n) is 6.49. The number of anilines is 2. The number of primary amides is 2. The van der Waals surface area contributed by atoms with E-state index in [0.29, 0.717) is 24.5 Å². The number of hydrogen-bond donors (Lipinski definition) is 2. The summed E-state index contributed by atoms with van der Waals surface area (Å²) in [5.74, 6) is -2.04. The molecule has 2 amide bonds. The zero-order chi connectivity index (χ0) is 30.0. The summed E-state index contributed by atoms with van der Waals surface area (Å²) in [6.45, 7) is 9.89. The monoisotopic (exact) mass is 563 g/mol. The molecular weight excluding hydrogens is 526 g/mol. The molecule has 4 aromatic rings. The van der Waals surface area contributed by atoms with Gasteiger partial charge in [0.25, 0.3) is 0 Å². The van der Waals surface area contributed by atoms with Crippen molar-refractivity contribution in [2.75, 3.05) is 18.1 Å². The Morgan fingerprint density at radius 1 is 0.976 bits per heavy atom. The molecule has 2 atom stereocenters. The maximum atomic E-state index is 13.5. The van der Waals surface area contributed by atoms with Crippen LogP contribution in [-0.4, -0.2) is 35.7 Å². The van der Waals surface area contributed by atoms with E-state index in [1.807, 2.05) is 74.5 Å². The molecule has 8 heteroatoms. The highest BCUT2D eigenvalue weighted by molar-refractivity contribution is 6.05. The van der Waals surface area contributed by atoms with Gasteiger partial charge in [-0.05, 0) is 58.0 Å². The van der Waals surface area contributed by atoms with Gasteiger partial charge in [-0.15, -0.1) is 0 Å². The van der Waals surface area contributed by atoms with Crippen molar-refractivity contribution in [2.24, 2.45) is 22.4 Å². The molecule has 1 aromatic heterocycles. The number of fused-ring (bicyclic) bond motifs is 1. The highest BCUT2D eigenvalue weighted by Crippen LogP contribution is 2.53. The molecule has 0 saturated carbocycles. The van der Waals surface area contributed by atoms with Crippen LogP contribution < -0.4 is 21.1 Å². The number of carbonyl (C=O) groups is 2. The van der Waals surface area contributed by atoms with Gasteiger partial charge in [0.2, 0.25) is 11.8 Å². The lowest BCUT2D eigenvalue weighted by Crippen LogP contribution is -2.48. The second-order valence-corrected chi connectivity index (χ2v) is 10.3. The van der Waals surface area contributed by atoms with Crippen LogP contribution in [-0.2, 0) is 21.7 Å². The Labute approximate surface area is 246 Å². The molecule has 0 spiro atoms. The molecule has 1 aliphatic heterocycles. The Kier molecular flexibility index (Phi) is 7.89. The molecule has 4 N–H and O–H groups in total. The number of rotatable bonds is 10. The van der Waals surface area contributed by atoms with Crippen molar-refractivity contribution in [1.29, 1.82) is 0 Å². The second-order valence-electron chi connectivity index (χ2n) is 10.3. The number of hydrogen-bond acceptors (Lipinski definition) is 5. The Hall–Kier alpha value is -4.85. The summed E-state index contributed by atoms with van der Waals surface area (Å²) in [6.07, 6.45) is 3.05. The van der Waals surface area contributed by atoms with Crippen LogP contribution in [0.25, 0.3) is 10.9 Å². The topological polar surface area (TPSA) is 116 Å². The number of nitrogens with zero attached hydrogens (tertiary/aromatic N) is 3. The Bertz CT molecular complexity index is 1710. The van der Waals surface area contributed by atoms with E-state index in [1.54, 1.807) is 6.21 Å². The minimum absolute atomic E-state index is 0.108. The fourth-order valence-corrected chi connectivity index (χ4v) is 6.49. The smallest absolute Gasteiger partial charge is 0.245 e. The van der Waals surface area contributed by atoms with E-state index in [9.17, 15) is 9.59 Å². The lowest BCUT2D eigenvalue weighted by Gasteiger charge is -2.40. The molecule has 2 unspecified atom stereocenters. The van der Waals surface area contributed by atoms with Crippen molar-refractivity contribution in [3.8, 4) is 5.75 Å². The fraction of sp³-hybridized carbons (Fsp3) is 0.265. The molecule has 0 saturated heterocycles. The minimum atomic E-state index is -1.41. The van der Waals surface area contributed by atoms with E-state index >= 15 is 0 Å². The van der Waals surface area contributed by atoms with Crippen molar-refractivity contribution in [3.05, 3.63) is 101 Å². The maximum absolute atomic E-state index is 13.5. The van der Waals surface area contributed by atoms with Crippen LogP contribution in [0.1, 0.15) is 37.6 Å². The van der Waals surface area contributed by atoms with Gasteiger partial charge in [0.05, 0.1) is 6.61 Å². The summed E-state index contributed by atoms with van der Waals surface area (Å²) in [5, 5.41) is 0.914. The SMILES string of the molecule is CCOc1cc(N(CC)c2ccccc2)ccc1C1(c2c(C)n(CC)c3ccccc23)N=CC=C(C(N)=O)C1C(N)=O. The number of nitrogens with two attached hydrogens (primary N) is 2. The van der Waals surface area contributed by atoms with Crippen molar-refractivity contribution in [1.82, 2.24) is 4.57 Å². The van der Waals surface area contributed by atoms with Gasteiger partial charge >= 0.3 is 0 Å². The van der Waals surface area contributed by atoms with E-state index in [2.05, 4.69) is 35.4 Å². The summed E-state index contributed by atoms with van der Waals surface area (Å²) >= 11 is 0. The first kappa shape index (κ1) is 28.7. The quantitative estimate of drug-likeness (QED) is 0.270. The minimum Gasteiger partial charge on any atom is -0.493 e. The predicted molar refractivity (Wildman–Crippen MR) is 168 cm³/mol. The summed E-state index contributed by atoms with van der Waals surface area (Å²) < 4.78 is 8.51. The number of para-hydroxylation sites is 2. The zero-order valence-electron chi connectivity index (χ0n) is 24.5. The summed E-state index contributed by atoms with van der Waals surface area (Å²) in [5.41, 5.74) is 16.0. The molecule has 8 nitrogen and oxygen atoms in total. The van der Waals surface area contributed by atoms with Crippen molar-refractivity contribution in [2.45, 2.75) is 39.8 Å². The van der Waals surface area contributed by atoms with Crippen molar-refractivity contribution < 1.29 is 14.3 Å². The van der Waals surface area contributed by atoms with E-state index in [1.165, 1.54) is 6.08 Å².